The molecule has 1 aromatic carbocycles. The van der Waals surface area contributed by atoms with Gasteiger partial charge in [0, 0.05) is 4.47 Å². The van der Waals surface area contributed by atoms with Crippen LogP contribution >= 0.6 is 15.9 Å². The molecular formula is C11H8BrF3N4O2S. The smallest absolute Gasteiger partial charge is 0.217 e. The normalized spacial score (nSPS) is 12.6. The van der Waals surface area contributed by atoms with E-state index >= 15 is 0 Å². The Balaban J connectivity index is 3.20. The van der Waals surface area contributed by atoms with Crippen molar-refractivity contribution in [2.45, 2.75) is 20.0 Å². The number of rotatable bonds is 1. The number of alkyl halides is 3. The van der Waals surface area contributed by atoms with Crippen LogP contribution in [0.2, 0.25) is 0 Å². The van der Waals surface area contributed by atoms with Gasteiger partial charge in [0.25, 0.3) is 0 Å². The molecule has 22 heavy (non-hydrogen) atoms. The van der Waals surface area contributed by atoms with Crippen molar-refractivity contribution in [3.05, 3.63) is 27.0 Å². The minimum absolute atomic E-state index is 0.0423. The number of nitrogens with zero attached hydrogens (tertiary/aromatic N) is 3. The van der Waals surface area contributed by atoms with Crippen LogP contribution in [-0.2, 0) is 16.4 Å². The number of halogens is 4. The van der Waals surface area contributed by atoms with E-state index in [0.29, 0.717) is 3.97 Å². The summed E-state index contributed by atoms with van der Waals surface area (Å²) < 4.78 is 63.3. The monoisotopic (exact) mass is 396 g/mol. The number of nitrogens with two attached hydrogens (primary N) is 1. The highest BCUT2D eigenvalue weighted by atomic mass is 79.9. The van der Waals surface area contributed by atoms with Crippen molar-refractivity contribution in [2.24, 2.45) is 5.14 Å². The summed E-state index contributed by atoms with van der Waals surface area (Å²) in [6.45, 7) is 2.33. The molecule has 0 saturated heterocycles. The molecule has 0 atom stereocenters. The van der Waals surface area contributed by atoms with Crippen molar-refractivity contribution in [1.82, 2.24) is 8.96 Å². The largest absolute Gasteiger partial charge is 0.417 e. The van der Waals surface area contributed by atoms with Gasteiger partial charge in [0.15, 0.2) is 0 Å². The third-order valence-electron chi connectivity index (χ3n) is 3.12. The average Bonchev–Trinajstić information content (AvgIpc) is 2.74. The Kier molecular flexibility index (Phi) is 3.75. The van der Waals surface area contributed by atoms with Crippen LogP contribution in [0.4, 0.5) is 13.2 Å². The lowest BCUT2D eigenvalue weighted by Crippen LogP contribution is -2.24. The van der Waals surface area contributed by atoms with Crippen LogP contribution in [0.1, 0.15) is 22.5 Å². The summed E-state index contributed by atoms with van der Waals surface area (Å²) in [5.74, 6) is -0.611. The van der Waals surface area contributed by atoms with Crippen molar-refractivity contribution in [3.63, 3.8) is 0 Å². The third-order valence-corrected chi connectivity index (χ3v) is 4.95. The maximum Gasteiger partial charge on any atom is 0.417 e. The topological polar surface area (TPSA) is 102 Å². The molecule has 2 N–H and O–H groups in total. The Hall–Kier alpha value is -1.64. The van der Waals surface area contributed by atoms with E-state index in [1.54, 1.807) is 0 Å². The highest BCUT2D eigenvalue weighted by Gasteiger charge is 2.38. The molecule has 0 spiro atoms. The molecule has 0 aliphatic heterocycles. The Morgan fingerprint density at radius 3 is 2.27 bits per heavy atom. The molecule has 2 aromatic rings. The highest BCUT2D eigenvalue weighted by Crippen LogP contribution is 2.42. The van der Waals surface area contributed by atoms with Crippen LogP contribution < -0.4 is 5.14 Å². The molecule has 1 heterocycles. The van der Waals surface area contributed by atoms with E-state index in [-0.39, 0.29) is 26.6 Å². The van der Waals surface area contributed by atoms with E-state index in [4.69, 9.17) is 10.4 Å². The van der Waals surface area contributed by atoms with E-state index in [1.165, 1.54) is 13.0 Å². The molecule has 6 nitrogen and oxygen atoms in total. The minimum Gasteiger partial charge on any atom is -0.217 e. The van der Waals surface area contributed by atoms with Gasteiger partial charge in [-0.25, -0.2) is 10.1 Å². The average molecular weight is 397 g/mol. The predicted molar refractivity (Wildman–Crippen MR) is 75.1 cm³/mol. The fourth-order valence-electron chi connectivity index (χ4n) is 2.32. The van der Waals surface area contributed by atoms with Crippen LogP contribution in [-0.4, -0.2) is 17.4 Å². The minimum atomic E-state index is -4.70. The molecule has 2 rings (SSSR count). The summed E-state index contributed by atoms with van der Waals surface area (Å²) in [5, 5.41) is 14.0. The first-order valence-corrected chi connectivity index (χ1v) is 7.92. The standard InChI is InChI=1S/C11H8BrF3N4O2S/c1-4-7(11(13,14)15)5(2)10-9(8(4)12)18-6(3-16)19(10)22(17,20)21/h1-2H3,(H2,17,20,21). The van der Waals surface area contributed by atoms with E-state index in [9.17, 15) is 21.6 Å². The summed E-state index contributed by atoms with van der Waals surface area (Å²) in [7, 11) is -4.50. The van der Waals surface area contributed by atoms with Gasteiger partial charge in [-0.05, 0) is 40.9 Å². The van der Waals surface area contributed by atoms with Gasteiger partial charge in [-0.2, -0.15) is 30.8 Å². The summed E-state index contributed by atoms with van der Waals surface area (Å²) >= 11 is 2.98. The van der Waals surface area contributed by atoms with Gasteiger partial charge in [-0.3, -0.25) is 0 Å². The van der Waals surface area contributed by atoms with Gasteiger partial charge < -0.3 is 0 Å². The SMILES string of the molecule is Cc1c(C(F)(F)F)c(C)c2c(nc(C#N)n2S(N)(=O)=O)c1Br. The van der Waals surface area contributed by atoms with Crippen LogP contribution in [0.25, 0.3) is 11.0 Å². The quantitative estimate of drug-likeness (QED) is 0.798. The van der Waals surface area contributed by atoms with Gasteiger partial charge in [0.1, 0.15) is 11.6 Å². The van der Waals surface area contributed by atoms with Gasteiger partial charge >= 0.3 is 16.4 Å². The van der Waals surface area contributed by atoms with Crippen molar-refractivity contribution in [1.29, 1.82) is 5.26 Å². The maximum absolute atomic E-state index is 13.2. The molecular weight excluding hydrogens is 389 g/mol. The van der Waals surface area contributed by atoms with E-state index in [2.05, 4.69) is 20.9 Å². The fraction of sp³-hybridized carbons (Fsp3) is 0.273. The van der Waals surface area contributed by atoms with Gasteiger partial charge in [0.2, 0.25) is 5.82 Å². The Morgan fingerprint density at radius 1 is 1.32 bits per heavy atom. The lowest BCUT2D eigenvalue weighted by Gasteiger charge is -2.16. The van der Waals surface area contributed by atoms with Crippen LogP contribution in [0.5, 0.6) is 0 Å². The zero-order valence-corrected chi connectivity index (χ0v) is 13.6. The van der Waals surface area contributed by atoms with Gasteiger partial charge in [-0.15, -0.1) is 0 Å². The van der Waals surface area contributed by atoms with Crippen molar-refractivity contribution in [2.75, 3.05) is 0 Å². The second kappa shape index (κ2) is 4.94. The molecule has 0 aliphatic rings. The summed E-state index contributed by atoms with van der Waals surface area (Å²) in [6.07, 6.45) is -4.70. The van der Waals surface area contributed by atoms with Crippen molar-refractivity contribution in [3.8, 4) is 6.07 Å². The molecule has 11 heteroatoms. The Morgan fingerprint density at radius 2 is 1.86 bits per heavy atom. The van der Waals surface area contributed by atoms with Gasteiger partial charge in [0.05, 0.1) is 11.1 Å². The fourth-order valence-corrected chi connectivity index (χ4v) is 3.59. The molecule has 0 amide bonds. The van der Waals surface area contributed by atoms with Crippen molar-refractivity contribution < 1.29 is 21.6 Å². The highest BCUT2D eigenvalue weighted by molar-refractivity contribution is 9.10. The third kappa shape index (κ3) is 2.37. The molecule has 0 bridgehead atoms. The summed E-state index contributed by atoms with van der Waals surface area (Å²) in [4.78, 5) is 3.77. The van der Waals surface area contributed by atoms with Gasteiger partial charge in [-0.1, -0.05) is 0 Å². The number of benzene rings is 1. The summed E-state index contributed by atoms with van der Waals surface area (Å²) in [6, 6.07) is 1.51. The second-order valence-corrected chi connectivity index (χ2v) is 6.68. The summed E-state index contributed by atoms with van der Waals surface area (Å²) in [5.41, 5.74) is -1.97. The molecule has 1 aromatic heterocycles. The van der Waals surface area contributed by atoms with Crippen LogP contribution in [0.3, 0.4) is 0 Å². The lowest BCUT2D eigenvalue weighted by atomic mass is 10.0. The molecule has 0 fully saturated rings. The molecule has 0 aliphatic carbocycles. The zero-order chi connectivity index (χ0) is 17.0. The zero-order valence-electron chi connectivity index (χ0n) is 11.2. The van der Waals surface area contributed by atoms with E-state index < -0.39 is 27.8 Å². The molecule has 0 unspecified atom stereocenters. The second-order valence-electron chi connectivity index (χ2n) is 4.49. The first-order chi connectivity index (χ1) is 9.91. The van der Waals surface area contributed by atoms with Crippen LogP contribution in [0.15, 0.2) is 4.47 Å². The van der Waals surface area contributed by atoms with Crippen LogP contribution in [0, 0.1) is 25.2 Å². The predicted octanol–water partition coefficient (Wildman–Crippen LogP) is 2.36. The number of fused-ring (bicyclic) bond motifs is 1. The maximum atomic E-state index is 13.2. The first kappa shape index (κ1) is 16.7. The van der Waals surface area contributed by atoms with Crippen molar-refractivity contribution >= 4 is 37.2 Å². The number of aromatic nitrogens is 2. The Bertz CT molecular complexity index is 941. The number of nitriles is 1. The van der Waals surface area contributed by atoms with E-state index in [1.807, 2.05) is 0 Å². The first-order valence-electron chi connectivity index (χ1n) is 5.63. The lowest BCUT2D eigenvalue weighted by molar-refractivity contribution is -0.138. The van der Waals surface area contributed by atoms with E-state index in [0.717, 1.165) is 6.92 Å². The number of hydrogen-bond acceptors (Lipinski definition) is 4. The number of aryl methyl sites for hydroxylation is 1. The molecule has 0 radical (unpaired) electrons. The Labute approximate surface area is 131 Å². The number of hydrogen-bond donors (Lipinski definition) is 1. The molecule has 0 saturated carbocycles. The molecule has 118 valence electrons. The number of imidazole rings is 1.